The van der Waals surface area contributed by atoms with Crippen LogP contribution in [0.1, 0.15) is 20.8 Å². The van der Waals surface area contributed by atoms with Crippen molar-refractivity contribution in [2.45, 2.75) is 20.8 Å². The van der Waals surface area contributed by atoms with E-state index in [1.165, 1.54) is 0 Å². The largest absolute Gasteiger partial charge is 0.168 e. The Morgan fingerprint density at radius 1 is 1.20 bits per heavy atom. The van der Waals surface area contributed by atoms with Gasteiger partial charge < -0.3 is 0 Å². The lowest BCUT2D eigenvalue weighted by Crippen LogP contribution is -2.27. The summed E-state index contributed by atoms with van der Waals surface area (Å²) in [5, 5.41) is 1.70. The van der Waals surface area contributed by atoms with Crippen molar-refractivity contribution in [3.63, 3.8) is 0 Å². The smallest absolute Gasteiger partial charge is 0.0243 e. The molecule has 0 bridgehead atoms. The van der Waals surface area contributed by atoms with Crippen LogP contribution >= 0.6 is 0 Å². The third kappa shape index (κ3) is 4.69. The average Bonchev–Trinajstić information content (AvgIpc) is 1.99. The van der Waals surface area contributed by atoms with E-state index in [1.807, 2.05) is 20.8 Å². The predicted octanol–water partition coefficient (Wildman–Crippen LogP) is 0.716. The molecule has 0 saturated carbocycles. The molecule has 0 saturated heterocycles. The maximum atomic E-state index is 4.80. The highest BCUT2D eigenvalue weighted by atomic mass is 17.3. The Morgan fingerprint density at radius 3 is 2.20 bits per heavy atom. The second kappa shape index (κ2) is 6.95. The third-order valence-corrected chi connectivity index (χ3v) is 1.05. The first-order valence-electron chi connectivity index (χ1n) is 3.66. The van der Waals surface area contributed by atoms with Crippen molar-refractivity contribution >= 4 is 0 Å². The fourth-order valence-electron chi connectivity index (χ4n) is 0.467. The van der Waals surface area contributed by atoms with E-state index in [0.717, 1.165) is 19.6 Å². The van der Waals surface area contributed by atoms with E-state index in [0.29, 0.717) is 0 Å². The maximum absolute atomic E-state index is 4.80. The van der Waals surface area contributed by atoms with Gasteiger partial charge in [0.1, 0.15) is 0 Å². The number of hydroxylamine groups is 3. The molecule has 0 fully saturated rings. The van der Waals surface area contributed by atoms with Gasteiger partial charge in [0.25, 0.3) is 0 Å². The van der Waals surface area contributed by atoms with Crippen molar-refractivity contribution in [1.82, 2.24) is 10.5 Å². The molecule has 0 atom stereocenters. The predicted molar refractivity (Wildman–Crippen MR) is 38.8 cm³/mol. The summed E-state index contributed by atoms with van der Waals surface area (Å²) in [5.41, 5.74) is 2.58. The van der Waals surface area contributed by atoms with E-state index in [4.69, 9.17) is 4.99 Å². The molecule has 0 aliphatic rings. The number of rotatable bonds is 6. The molecule has 0 aliphatic carbocycles. The van der Waals surface area contributed by atoms with Gasteiger partial charge in [-0.2, -0.15) is 10.5 Å². The van der Waals surface area contributed by atoms with Gasteiger partial charge >= 0.3 is 0 Å². The maximum Gasteiger partial charge on any atom is 0.0243 e. The summed E-state index contributed by atoms with van der Waals surface area (Å²) < 4.78 is 0. The SMILES string of the molecule is CCNOON(CC)CC. The second-order valence-corrected chi connectivity index (χ2v) is 1.77. The molecule has 0 aromatic heterocycles. The monoisotopic (exact) mass is 148 g/mol. The molecular formula is C6H16N2O2. The first-order valence-corrected chi connectivity index (χ1v) is 3.66. The summed E-state index contributed by atoms with van der Waals surface area (Å²) in [5.74, 6) is 0. The summed E-state index contributed by atoms with van der Waals surface area (Å²) in [6.45, 7) is 8.31. The second-order valence-electron chi connectivity index (χ2n) is 1.77. The Balaban J connectivity index is 3.09. The highest BCUT2D eigenvalue weighted by molar-refractivity contribution is 4.28. The van der Waals surface area contributed by atoms with Crippen molar-refractivity contribution in [3.8, 4) is 0 Å². The fourth-order valence-corrected chi connectivity index (χ4v) is 0.467. The van der Waals surface area contributed by atoms with Gasteiger partial charge in [0.15, 0.2) is 0 Å². The van der Waals surface area contributed by atoms with E-state index in [1.54, 1.807) is 5.06 Å². The van der Waals surface area contributed by atoms with Crippen LogP contribution in [-0.4, -0.2) is 24.7 Å². The third-order valence-electron chi connectivity index (χ3n) is 1.05. The lowest BCUT2D eigenvalue weighted by Gasteiger charge is -2.14. The van der Waals surface area contributed by atoms with Crippen LogP contribution < -0.4 is 5.48 Å². The molecule has 0 radical (unpaired) electrons. The van der Waals surface area contributed by atoms with Gasteiger partial charge in [-0.15, -0.1) is 9.98 Å². The summed E-state index contributed by atoms with van der Waals surface area (Å²) in [6.07, 6.45) is 0. The average molecular weight is 148 g/mol. The van der Waals surface area contributed by atoms with Crippen LogP contribution in [0, 0.1) is 0 Å². The van der Waals surface area contributed by atoms with Gasteiger partial charge in [0.2, 0.25) is 0 Å². The van der Waals surface area contributed by atoms with Crippen molar-refractivity contribution in [2.24, 2.45) is 0 Å². The van der Waals surface area contributed by atoms with Gasteiger partial charge in [-0.1, -0.05) is 6.92 Å². The molecule has 0 aromatic rings. The summed E-state index contributed by atoms with van der Waals surface area (Å²) in [6, 6.07) is 0. The minimum Gasteiger partial charge on any atom is -0.168 e. The van der Waals surface area contributed by atoms with Crippen LogP contribution in [-0.2, 0) is 9.98 Å². The first kappa shape index (κ1) is 9.84. The summed E-state index contributed by atoms with van der Waals surface area (Å²) in [7, 11) is 0. The standard InChI is InChI=1S/C6H16N2O2/c1-4-7-9-10-8(5-2)6-3/h7H,4-6H2,1-3H3. The minimum absolute atomic E-state index is 0.737. The number of hydrogen-bond acceptors (Lipinski definition) is 4. The Bertz CT molecular complexity index is 66.8. The molecule has 4 nitrogen and oxygen atoms in total. The molecule has 0 unspecified atom stereocenters. The first-order chi connectivity index (χ1) is 4.85. The molecule has 0 aromatic carbocycles. The van der Waals surface area contributed by atoms with Gasteiger partial charge in [0.05, 0.1) is 0 Å². The van der Waals surface area contributed by atoms with Crippen LogP contribution in [0.4, 0.5) is 0 Å². The van der Waals surface area contributed by atoms with Crippen LogP contribution in [0.15, 0.2) is 0 Å². The zero-order chi connectivity index (χ0) is 7.82. The zero-order valence-corrected chi connectivity index (χ0v) is 6.89. The molecule has 0 spiro atoms. The molecule has 0 aliphatic heterocycles. The van der Waals surface area contributed by atoms with E-state index >= 15 is 0 Å². The van der Waals surface area contributed by atoms with Crippen molar-refractivity contribution in [1.29, 1.82) is 0 Å². The van der Waals surface area contributed by atoms with Crippen LogP contribution in [0.2, 0.25) is 0 Å². The van der Waals surface area contributed by atoms with Crippen molar-refractivity contribution in [2.75, 3.05) is 19.6 Å². The van der Waals surface area contributed by atoms with Crippen LogP contribution in [0.5, 0.6) is 0 Å². The Labute approximate surface area is 61.9 Å². The highest BCUT2D eigenvalue weighted by Crippen LogP contribution is 1.86. The highest BCUT2D eigenvalue weighted by Gasteiger charge is 1.97. The normalized spacial score (nSPS) is 10.8. The summed E-state index contributed by atoms with van der Waals surface area (Å²) >= 11 is 0. The Kier molecular flexibility index (Phi) is 6.84. The number of hydrogen-bond donors (Lipinski definition) is 1. The number of nitrogens with one attached hydrogen (secondary N) is 1. The lowest BCUT2D eigenvalue weighted by atomic mass is 10.6. The van der Waals surface area contributed by atoms with Gasteiger partial charge in [-0.25, -0.2) is 0 Å². The van der Waals surface area contributed by atoms with Gasteiger partial charge in [-0.3, -0.25) is 0 Å². The van der Waals surface area contributed by atoms with Crippen LogP contribution in [0.3, 0.4) is 0 Å². The molecule has 0 rings (SSSR count). The quantitative estimate of drug-likeness (QED) is 0.342. The molecule has 0 amide bonds. The number of nitrogens with zero attached hydrogens (tertiary/aromatic N) is 1. The topological polar surface area (TPSA) is 33.7 Å². The molecule has 10 heavy (non-hydrogen) atoms. The fraction of sp³-hybridized carbons (Fsp3) is 1.00. The van der Waals surface area contributed by atoms with Gasteiger partial charge in [0, 0.05) is 19.6 Å². The molecular weight excluding hydrogens is 132 g/mol. The Morgan fingerprint density at radius 2 is 1.80 bits per heavy atom. The van der Waals surface area contributed by atoms with E-state index in [-0.39, 0.29) is 0 Å². The Hall–Kier alpha value is -0.160. The lowest BCUT2D eigenvalue weighted by molar-refractivity contribution is -0.452. The van der Waals surface area contributed by atoms with E-state index < -0.39 is 0 Å². The summed E-state index contributed by atoms with van der Waals surface area (Å²) in [4.78, 5) is 9.41. The van der Waals surface area contributed by atoms with Crippen molar-refractivity contribution < 1.29 is 9.98 Å². The molecule has 0 heterocycles. The van der Waals surface area contributed by atoms with E-state index in [2.05, 4.69) is 10.5 Å². The van der Waals surface area contributed by atoms with Gasteiger partial charge in [-0.05, 0) is 13.8 Å². The zero-order valence-electron chi connectivity index (χ0n) is 6.89. The minimum atomic E-state index is 0.737. The molecule has 62 valence electrons. The molecule has 4 heteroatoms. The van der Waals surface area contributed by atoms with E-state index in [9.17, 15) is 0 Å². The van der Waals surface area contributed by atoms with Crippen LogP contribution in [0.25, 0.3) is 0 Å². The molecule has 1 N–H and O–H groups in total. The van der Waals surface area contributed by atoms with Crippen molar-refractivity contribution in [3.05, 3.63) is 0 Å².